The standard InChI is InChI=1S/C17H18N2/c1-2-3-12-16-18-17(14-9-5-4-6-10-14)15-11-7-8-13-19(15)16/h4-11,13H,2-3,12H2,1H3. The van der Waals surface area contributed by atoms with Crippen LogP contribution in [0, 0.1) is 0 Å². The maximum atomic E-state index is 4.86. The molecule has 3 rings (SSSR count). The van der Waals surface area contributed by atoms with Gasteiger partial charge in [0, 0.05) is 18.2 Å². The SMILES string of the molecule is CCCCc1nc(-c2ccccc2)c2ccccn12. The van der Waals surface area contributed by atoms with Crippen molar-refractivity contribution in [2.75, 3.05) is 0 Å². The molecule has 2 aromatic heterocycles. The lowest BCUT2D eigenvalue weighted by Gasteiger charge is -1.99. The minimum Gasteiger partial charge on any atom is -0.303 e. The summed E-state index contributed by atoms with van der Waals surface area (Å²) in [5.74, 6) is 1.16. The van der Waals surface area contributed by atoms with Crippen LogP contribution >= 0.6 is 0 Å². The maximum Gasteiger partial charge on any atom is 0.113 e. The zero-order valence-corrected chi connectivity index (χ0v) is 11.2. The van der Waals surface area contributed by atoms with E-state index in [0.29, 0.717) is 0 Å². The van der Waals surface area contributed by atoms with E-state index in [-0.39, 0.29) is 0 Å². The number of nitrogens with zero attached hydrogens (tertiary/aromatic N) is 2. The van der Waals surface area contributed by atoms with Crippen molar-refractivity contribution >= 4 is 5.52 Å². The van der Waals surface area contributed by atoms with Gasteiger partial charge >= 0.3 is 0 Å². The number of imidazole rings is 1. The molecule has 0 atom stereocenters. The van der Waals surface area contributed by atoms with Crippen molar-refractivity contribution in [3.63, 3.8) is 0 Å². The van der Waals surface area contributed by atoms with Gasteiger partial charge in [0.2, 0.25) is 0 Å². The van der Waals surface area contributed by atoms with Gasteiger partial charge in [-0.05, 0) is 18.6 Å². The van der Waals surface area contributed by atoms with Gasteiger partial charge in [0.05, 0.1) is 11.2 Å². The van der Waals surface area contributed by atoms with E-state index >= 15 is 0 Å². The Morgan fingerprint density at radius 2 is 1.79 bits per heavy atom. The molecule has 19 heavy (non-hydrogen) atoms. The number of rotatable bonds is 4. The predicted octanol–water partition coefficient (Wildman–Crippen LogP) is 4.34. The second-order valence-corrected chi connectivity index (χ2v) is 4.80. The van der Waals surface area contributed by atoms with Crippen LogP contribution in [0.4, 0.5) is 0 Å². The Balaban J connectivity index is 2.15. The van der Waals surface area contributed by atoms with Gasteiger partial charge < -0.3 is 4.40 Å². The average Bonchev–Trinajstić information content (AvgIpc) is 2.85. The summed E-state index contributed by atoms with van der Waals surface area (Å²) < 4.78 is 2.22. The zero-order valence-electron chi connectivity index (χ0n) is 11.2. The van der Waals surface area contributed by atoms with E-state index in [9.17, 15) is 0 Å². The first kappa shape index (κ1) is 12.0. The van der Waals surface area contributed by atoms with Crippen molar-refractivity contribution in [1.82, 2.24) is 9.38 Å². The molecule has 0 amide bonds. The molecule has 2 nitrogen and oxygen atoms in total. The highest BCUT2D eigenvalue weighted by Crippen LogP contribution is 2.25. The third-order valence-corrected chi connectivity index (χ3v) is 3.42. The molecule has 0 saturated heterocycles. The summed E-state index contributed by atoms with van der Waals surface area (Å²) in [7, 11) is 0. The van der Waals surface area contributed by atoms with Crippen LogP contribution in [0.5, 0.6) is 0 Å². The van der Waals surface area contributed by atoms with Crippen LogP contribution in [0.2, 0.25) is 0 Å². The molecule has 0 fully saturated rings. The van der Waals surface area contributed by atoms with Crippen molar-refractivity contribution in [1.29, 1.82) is 0 Å². The fourth-order valence-corrected chi connectivity index (χ4v) is 2.42. The van der Waals surface area contributed by atoms with Crippen LogP contribution in [0.25, 0.3) is 16.8 Å². The first-order valence-corrected chi connectivity index (χ1v) is 6.91. The molecule has 0 bridgehead atoms. The van der Waals surface area contributed by atoms with E-state index in [4.69, 9.17) is 4.98 Å². The molecular formula is C17H18N2. The van der Waals surface area contributed by atoms with Crippen LogP contribution in [0.15, 0.2) is 54.7 Å². The largest absolute Gasteiger partial charge is 0.303 e. The third-order valence-electron chi connectivity index (χ3n) is 3.42. The smallest absolute Gasteiger partial charge is 0.113 e. The normalized spacial score (nSPS) is 11.0. The van der Waals surface area contributed by atoms with E-state index < -0.39 is 0 Å². The van der Waals surface area contributed by atoms with E-state index in [1.807, 2.05) is 6.07 Å². The van der Waals surface area contributed by atoms with Crippen LogP contribution in [-0.2, 0) is 6.42 Å². The van der Waals surface area contributed by atoms with Gasteiger partial charge in [0.25, 0.3) is 0 Å². The summed E-state index contributed by atoms with van der Waals surface area (Å²) >= 11 is 0. The van der Waals surface area contributed by atoms with Gasteiger partial charge in [0.15, 0.2) is 0 Å². The number of pyridine rings is 1. The topological polar surface area (TPSA) is 17.3 Å². The maximum absolute atomic E-state index is 4.86. The lowest BCUT2D eigenvalue weighted by atomic mass is 10.1. The quantitative estimate of drug-likeness (QED) is 0.673. The Hall–Kier alpha value is -2.09. The molecular weight excluding hydrogens is 232 g/mol. The number of benzene rings is 1. The van der Waals surface area contributed by atoms with Crippen LogP contribution in [0.1, 0.15) is 25.6 Å². The van der Waals surface area contributed by atoms with Crippen molar-refractivity contribution in [2.45, 2.75) is 26.2 Å². The summed E-state index contributed by atoms with van der Waals surface area (Å²) in [6.07, 6.45) is 5.53. The molecule has 3 aromatic rings. The Bertz CT molecular complexity index is 668. The van der Waals surface area contributed by atoms with E-state index in [2.05, 4.69) is 60.0 Å². The minimum absolute atomic E-state index is 1.04. The zero-order chi connectivity index (χ0) is 13.1. The Kier molecular flexibility index (Phi) is 3.32. The first-order chi connectivity index (χ1) is 9.40. The second-order valence-electron chi connectivity index (χ2n) is 4.80. The molecule has 0 spiro atoms. The number of hydrogen-bond donors (Lipinski definition) is 0. The first-order valence-electron chi connectivity index (χ1n) is 6.91. The van der Waals surface area contributed by atoms with Gasteiger partial charge in [0.1, 0.15) is 5.82 Å². The minimum atomic E-state index is 1.04. The molecule has 96 valence electrons. The van der Waals surface area contributed by atoms with E-state index in [1.54, 1.807) is 0 Å². The molecule has 0 unspecified atom stereocenters. The molecule has 2 heterocycles. The van der Waals surface area contributed by atoms with Crippen molar-refractivity contribution < 1.29 is 0 Å². The van der Waals surface area contributed by atoms with E-state index in [1.165, 1.54) is 23.9 Å². The van der Waals surface area contributed by atoms with Gasteiger partial charge in [-0.15, -0.1) is 0 Å². The summed E-state index contributed by atoms with van der Waals surface area (Å²) in [4.78, 5) is 4.86. The van der Waals surface area contributed by atoms with Crippen molar-refractivity contribution in [2.24, 2.45) is 0 Å². The molecule has 0 saturated carbocycles. The summed E-state index contributed by atoms with van der Waals surface area (Å²) in [6.45, 7) is 2.22. The average molecular weight is 250 g/mol. The number of unbranched alkanes of at least 4 members (excludes halogenated alkanes) is 1. The Labute approximate surface area is 113 Å². The van der Waals surface area contributed by atoms with Crippen LogP contribution in [-0.4, -0.2) is 9.38 Å². The Morgan fingerprint density at radius 1 is 1.00 bits per heavy atom. The summed E-state index contributed by atoms with van der Waals surface area (Å²) in [5, 5.41) is 0. The molecule has 1 aromatic carbocycles. The van der Waals surface area contributed by atoms with E-state index in [0.717, 1.165) is 17.9 Å². The Morgan fingerprint density at radius 3 is 2.58 bits per heavy atom. The number of fused-ring (bicyclic) bond motifs is 1. The molecule has 0 N–H and O–H groups in total. The van der Waals surface area contributed by atoms with Crippen LogP contribution < -0.4 is 0 Å². The van der Waals surface area contributed by atoms with Crippen molar-refractivity contribution in [3.05, 3.63) is 60.6 Å². The number of aromatic nitrogens is 2. The lowest BCUT2D eigenvalue weighted by molar-refractivity contribution is 0.750. The van der Waals surface area contributed by atoms with Crippen LogP contribution in [0.3, 0.4) is 0 Å². The number of aryl methyl sites for hydroxylation is 1. The van der Waals surface area contributed by atoms with Gasteiger partial charge in [-0.1, -0.05) is 49.7 Å². The lowest BCUT2D eigenvalue weighted by Crippen LogP contribution is -1.93. The monoisotopic (exact) mass is 250 g/mol. The molecule has 0 aliphatic heterocycles. The fourth-order valence-electron chi connectivity index (χ4n) is 2.42. The van der Waals surface area contributed by atoms with Gasteiger partial charge in [-0.3, -0.25) is 0 Å². The summed E-state index contributed by atoms with van der Waals surface area (Å²) in [5.41, 5.74) is 3.47. The van der Waals surface area contributed by atoms with Gasteiger partial charge in [-0.25, -0.2) is 4.98 Å². The fraction of sp³-hybridized carbons (Fsp3) is 0.235. The van der Waals surface area contributed by atoms with Crippen molar-refractivity contribution in [3.8, 4) is 11.3 Å². The third kappa shape index (κ3) is 2.26. The highest BCUT2D eigenvalue weighted by Gasteiger charge is 2.11. The molecule has 0 aliphatic rings. The summed E-state index contributed by atoms with van der Waals surface area (Å²) in [6, 6.07) is 16.7. The number of hydrogen-bond acceptors (Lipinski definition) is 1. The highest BCUT2D eigenvalue weighted by atomic mass is 15.0. The second kappa shape index (κ2) is 5.27. The highest BCUT2D eigenvalue weighted by molar-refractivity contribution is 5.77. The molecule has 0 radical (unpaired) electrons. The molecule has 0 aliphatic carbocycles. The predicted molar refractivity (Wildman–Crippen MR) is 79.2 cm³/mol. The van der Waals surface area contributed by atoms with Gasteiger partial charge in [-0.2, -0.15) is 0 Å². The molecule has 2 heteroatoms.